The van der Waals surface area contributed by atoms with E-state index in [1.165, 1.54) is 19.3 Å². The van der Waals surface area contributed by atoms with E-state index in [9.17, 15) is 5.21 Å². The summed E-state index contributed by atoms with van der Waals surface area (Å²) in [6.07, 6.45) is 6.49. The van der Waals surface area contributed by atoms with Crippen LogP contribution in [0.4, 0.5) is 0 Å². The molecule has 0 aliphatic carbocycles. The van der Waals surface area contributed by atoms with E-state index in [-0.39, 0.29) is 0 Å². The zero-order valence-electron chi connectivity index (χ0n) is 12.7. The number of hydrogen-bond donors (Lipinski definition) is 0. The molecule has 21 heavy (non-hydrogen) atoms. The maximum atomic E-state index is 12.1. The van der Waals surface area contributed by atoms with Gasteiger partial charge in [0, 0.05) is 12.6 Å². The van der Waals surface area contributed by atoms with Gasteiger partial charge in [-0.25, -0.2) is 4.98 Å². The Labute approximate surface area is 124 Å². The van der Waals surface area contributed by atoms with Crippen molar-refractivity contribution in [1.29, 1.82) is 0 Å². The second kappa shape index (κ2) is 5.72. The largest absolute Gasteiger partial charge is 0.618 e. The first-order valence-electron chi connectivity index (χ1n) is 7.70. The van der Waals surface area contributed by atoms with Crippen LogP contribution in [0.2, 0.25) is 0 Å². The molecule has 0 amide bonds. The van der Waals surface area contributed by atoms with E-state index >= 15 is 0 Å². The summed E-state index contributed by atoms with van der Waals surface area (Å²) in [5.74, 6) is 0.984. The van der Waals surface area contributed by atoms with E-state index in [0.717, 1.165) is 39.9 Å². The monoisotopic (exact) mass is 283 g/mol. The third-order valence-electron chi connectivity index (χ3n) is 4.06. The number of unbranched alkanes of at least 4 members (excludes halogenated alkanes) is 3. The predicted molar refractivity (Wildman–Crippen MR) is 85.1 cm³/mol. The second-order valence-electron chi connectivity index (χ2n) is 5.58. The van der Waals surface area contributed by atoms with E-state index in [1.807, 2.05) is 31.2 Å². The summed E-state index contributed by atoms with van der Waals surface area (Å²) >= 11 is 0. The summed E-state index contributed by atoms with van der Waals surface area (Å²) in [7, 11) is 0. The minimum atomic E-state index is 0.708. The summed E-state index contributed by atoms with van der Waals surface area (Å²) in [5.41, 5.74) is 2.59. The highest BCUT2D eigenvalue weighted by Gasteiger charge is 2.16. The minimum Gasteiger partial charge on any atom is -0.618 e. The molecule has 0 unspecified atom stereocenters. The summed E-state index contributed by atoms with van der Waals surface area (Å²) in [5, 5.41) is 13.1. The van der Waals surface area contributed by atoms with Gasteiger partial charge in [0.2, 0.25) is 11.7 Å². The average molecular weight is 283 g/mol. The number of rotatable bonds is 5. The molecule has 0 bridgehead atoms. The van der Waals surface area contributed by atoms with E-state index in [0.29, 0.717) is 5.52 Å². The van der Waals surface area contributed by atoms with Crippen molar-refractivity contribution in [2.24, 2.45) is 0 Å². The molecule has 0 fully saturated rings. The SMILES string of the molecule is CCCCCCn1c(C)nc2c[n+]([O-])c3ccccc3c21. The van der Waals surface area contributed by atoms with Crippen molar-refractivity contribution in [1.82, 2.24) is 9.55 Å². The van der Waals surface area contributed by atoms with E-state index in [1.54, 1.807) is 6.20 Å². The lowest BCUT2D eigenvalue weighted by atomic mass is 10.2. The van der Waals surface area contributed by atoms with Crippen LogP contribution in [0.3, 0.4) is 0 Å². The molecule has 3 rings (SSSR count). The molecule has 0 aliphatic rings. The fourth-order valence-electron chi connectivity index (χ4n) is 2.98. The molecule has 0 atom stereocenters. The van der Waals surface area contributed by atoms with Crippen molar-refractivity contribution >= 4 is 21.9 Å². The second-order valence-corrected chi connectivity index (χ2v) is 5.58. The van der Waals surface area contributed by atoms with Gasteiger partial charge in [-0.05, 0) is 19.4 Å². The van der Waals surface area contributed by atoms with Gasteiger partial charge < -0.3 is 9.77 Å². The number of fused-ring (bicyclic) bond motifs is 3. The third kappa shape index (κ3) is 2.46. The number of nitrogens with zero attached hydrogens (tertiary/aromatic N) is 3. The molecule has 2 heterocycles. The van der Waals surface area contributed by atoms with E-state index in [2.05, 4.69) is 16.5 Å². The Hall–Kier alpha value is -2.10. The molecule has 2 aromatic heterocycles. The topological polar surface area (TPSA) is 44.8 Å². The molecule has 3 aromatic rings. The molecule has 0 spiro atoms. The van der Waals surface area contributed by atoms with Crippen LogP contribution in [-0.4, -0.2) is 9.55 Å². The van der Waals surface area contributed by atoms with Crippen molar-refractivity contribution in [3.05, 3.63) is 41.5 Å². The number of para-hydroxylation sites is 1. The molecular weight excluding hydrogens is 262 g/mol. The lowest BCUT2D eigenvalue weighted by Gasteiger charge is -2.08. The van der Waals surface area contributed by atoms with Gasteiger partial charge in [-0.15, -0.1) is 0 Å². The van der Waals surface area contributed by atoms with Gasteiger partial charge in [0.1, 0.15) is 5.82 Å². The van der Waals surface area contributed by atoms with Crippen LogP contribution in [-0.2, 0) is 6.54 Å². The Bertz CT molecular complexity index is 776. The van der Waals surface area contributed by atoms with Crippen molar-refractivity contribution < 1.29 is 4.73 Å². The average Bonchev–Trinajstić information content (AvgIpc) is 2.80. The summed E-state index contributed by atoms with van der Waals surface area (Å²) < 4.78 is 3.18. The van der Waals surface area contributed by atoms with Crippen molar-refractivity contribution in [3.8, 4) is 0 Å². The summed E-state index contributed by atoms with van der Waals surface area (Å²) in [4.78, 5) is 4.57. The van der Waals surface area contributed by atoms with Gasteiger partial charge in [-0.2, -0.15) is 4.73 Å². The summed E-state index contributed by atoms with van der Waals surface area (Å²) in [6, 6.07) is 7.75. The van der Waals surface area contributed by atoms with Crippen LogP contribution in [0.1, 0.15) is 38.4 Å². The lowest BCUT2D eigenvalue weighted by molar-refractivity contribution is -0.575. The Morgan fingerprint density at radius 1 is 1.19 bits per heavy atom. The van der Waals surface area contributed by atoms with Gasteiger partial charge in [-0.3, -0.25) is 0 Å². The molecule has 110 valence electrons. The maximum absolute atomic E-state index is 12.1. The van der Waals surface area contributed by atoms with Crippen LogP contribution < -0.4 is 4.73 Å². The number of aryl methyl sites for hydroxylation is 2. The number of hydrogen-bond acceptors (Lipinski definition) is 2. The first kappa shape index (κ1) is 13.9. The highest BCUT2D eigenvalue weighted by Crippen LogP contribution is 2.24. The smallest absolute Gasteiger partial charge is 0.226 e. The Kier molecular flexibility index (Phi) is 3.78. The van der Waals surface area contributed by atoms with Crippen LogP contribution >= 0.6 is 0 Å². The maximum Gasteiger partial charge on any atom is 0.226 e. The van der Waals surface area contributed by atoms with E-state index in [4.69, 9.17) is 0 Å². The van der Waals surface area contributed by atoms with Crippen LogP contribution in [0.5, 0.6) is 0 Å². The van der Waals surface area contributed by atoms with Crippen molar-refractivity contribution in [3.63, 3.8) is 0 Å². The highest BCUT2D eigenvalue weighted by molar-refractivity contribution is 6.00. The van der Waals surface area contributed by atoms with Crippen LogP contribution in [0.15, 0.2) is 30.5 Å². The molecule has 0 radical (unpaired) electrons. The fourth-order valence-corrected chi connectivity index (χ4v) is 2.98. The molecular formula is C17H21N3O. The molecule has 1 aromatic carbocycles. The first-order chi connectivity index (χ1) is 10.2. The zero-order chi connectivity index (χ0) is 14.8. The standard InChI is InChI=1S/C17H21N3O/c1-3-4-5-8-11-19-13(2)18-15-12-20(21)16-10-7-6-9-14(16)17(15)19/h6-7,9-10,12H,3-5,8,11H2,1-2H3. The number of imidazole rings is 1. The van der Waals surface area contributed by atoms with Gasteiger partial charge >= 0.3 is 0 Å². The van der Waals surface area contributed by atoms with Crippen molar-refractivity contribution in [2.45, 2.75) is 46.1 Å². The van der Waals surface area contributed by atoms with Gasteiger partial charge in [0.15, 0.2) is 5.52 Å². The fraction of sp³-hybridized carbons (Fsp3) is 0.412. The van der Waals surface area contributed by atoms with Gasteiger partial charge in [0.05, 0.1) is 10.9 Å². The lowest BCUT2D eigenvalue weighted by Crippen LogP contribution is -2.26. The number of pyridine rings is 1. The quantitative estimate of drug-likeness (QED) is 0.407. The normalized spacial score (nSPS) is 11.5. The molecule has 0 saturated heterocycles. The van der Waals surface area contributed by atoms with Crippen LogP contribution in [0, 0.1) is 12.1 Å². The molecule has 4 heteroatoms. The Morgan fingerprint density at radius 2 is 2.00 bits per heavy atom. The minimum absolute atomic E-state index is 0.708. The van der Waals surface area contributed by atoms with E-state index < -0.39 is 0 Å². The highest BCUT2D eigenvalue weighted by atomic mass is 16.5. The number of aromatic nitrogens is 3. The number of benzene rings is 1. The molecule has 0 saturated carbocycles. The first-order valence-corrected chi connectivity index (χ1v) is 7.70. The molecule has 0 aliphatic heterocycles. The zero-order valence-corrected chi connectivity index (χ0v) is 12.7. The summed E-state index contributed by atoms with van der Waals surface area (Å²) in [6.45, 7) is 5.21. The predicted octanol–water partition coefficient (Wildman–Crippen LogP) is 3.71. The third-order valence-corrected chi connectivity index (χ3v) is 4.06. The molecule has 4 nitrogen and oxygen atoms in total. The van der Waals surface area contributed by atoms with Crippen molar-refractivity contribution in [2.75, 3.05) is 0 Å². The van der Waals surface area contributed by atoms with Gasteiger partial charge in [-0.1, -0.05) is 38.3 Å². The van der Waals surface area contributed by atoms with Gasteiger partial charge in [0.25, 0.3) is 0 Å². The Morgan fingerprint density at radius 3 is 2.81 bits per heavy atom. The van der Waals surface area contributed by atoms with Crippen LogP contribution in [0.25, 0.3) is 21.9 Å². The Balaban J connectivity index is 2.11. The molecule has 0 N–H and O–H groups in total.